The van der Waals surface area contributed by atoms with E-state index >= 15 is 0 Å². The predicted molar refractivity (Wildman–Crippen MR) is 106 cm³/mol. The van der Waals surface area contributed by atoms with Gasteiger partial charge in [0.25, 0.3) is 0 Å². The van der Waals surface area contributed by atoms with E-state index in [9.17, 15) is 9.59 Å². The molecule has 3 N–H and O–H groups in total. The van der Waals surface area contributed by atoms with E-state index in [-0.39, 0.29) is 11.7 Å². The molecular formula is C20H23BrN2O2. The number of hydrogen-bond acceptors (Lipinski definition) is 3. The third kappa shape index (κ3) is 6.35. The van der Waals surface area contributed by atoms with Crippen LogP contribution in [0.1, 0.15) is 48.9 Å². The van der Waals surface area contributed by atoms with Crippen LogP contribution in [0.4, 0.5) is 11.4 Å². The van der Waals surface area contributed by atoms with Crippen molar-refractivity contribution >= 4 is 39.0 Å². The number of benzene rings is 2. The Hall–Kier alpha value is -2.14. The molecule has 0 unspecified atom stereocenters. The highest BCUT2D eigenvalue weighted by Gasteiger charge is 2.09. The zero-order valence-electron chi connectivity index (χ0n) is 14.1. The number of nitrogens with two attached hydrogens (primary N) is 1. The fourth-order valence-electron chi connectivity index (χ4n) is 2.57. The van der Waals surface area contributed by atoms with Crippen molar-refractivity contribution in [3.63, 3.8) is 0 Å². The van der Waals surface area contributed by atoms with Crippen molar-refractivity contribution in [2.45, 2.75) is 38.5 Å². The van der Waals surface area contributed by atoms with Crippen LogP contribution in [0.25, 0.3) is 0 Å². The minimum atomic E-state index is -0.0257. The first kappa shape index (κ1) is 19.2. The second-order valence-electron chi connectivity index (χ2n) is 5.95. The molecule has 0 aliphatic carbocycles. The van der Waals surface area contributed by atoms with Gasteiger partial charge in [-0.2, -0.15) is 0 Å². The minimum absolute atomic E-state index is 0.0257. The highest BCUT2D eigenvalue weighted by molar-refractivity contribution is 9.10. The molecule has 0 spiro atoms. The molecule has 0 aliphatic heterocycles. The molecule has 0 fully saturated rings. The van der Waals surface area contributed by atoms with Crippen molar-refractivity contribution < 1.29 is 9.59 Å². The maximum atomic E-state index is 12.1. The number of unbranched alkanes of at least 4 members (excludes halogenated alkanes) is 3. The SMILES string of the molecule is Nc1ccccc1NC(=O)CCCCCCC(=O)c1ccccc1Br. The van der Waals surface area contributed by atoms with Crippen LogP contribution in [0.2, 0.25) is 0 Å². The van der Waals surface area contributed by atoms with Crippen LogP contribution in [-0.2, 0) is 4.79 Å². The standard InChI is InChI=1S/C20H23BrN2O2/c21-16-10-6-5-9-15(16)19(24)13-3-1-2-4-14-20(25)23-18-12-8-7-11-17(18)22/h5-12H,1-4,13-14,22H2,(H,23,25). The van der Waals surface area contributed by atoms with Crippen molar-refractivity contribution in [2.24, 2.45) is 0 Å². The molecule has 2 aromatic rings. The van der Waals surface area contributed by atoms with Gasteiger partial charge in [-0.05, 0) is 31.0 Å². The van der Waals surface area contributed by atoms with Gasteiger partial charge in [-0.3, -0.25) is 9.59 Å². The Balaban J connectivity index is 1.60. The predicted octanol–water partition coefficient (Wildman–Crippen LogP) is 5.19. The average Bonchev–Trinajstić information content (AvgIpc) is 2.60. The first-order valence-corrected chi connectivity index (χ1v) is 9.29. The summed E-state index contributed by atoms with van der Waals surface area (Å²) in [4.78, 5) is 24.0. The molecule has 0 bridgehead atoms. The lowest BCUT2D eigenvalue weighted by Gasteiger charge is -2.07. The molecule has 5 heteroatoms. The second-order valence-corrected chi connectivity index (χ2v) is 6.81. The Morgan fingerprint density at radius 2 is 1.52 bits per heavy atom. The van der Waals surface area contributed by atoms with E-state index in [1.807, 2.05) is 36.4 Å². The van der Waals surface area contributed by atoms with Gasteiger partial charge in [0.2, 0.25) is 5.91 Å². The van der Waals surface area contributed by atoms with Crippen LogP contribution in [0.3, 0.4) is 0 Å². The molecule has 2 aromatic carbocycles. The number of hydrogen-bond donors (Lipinski definition) is 2. The monoisotopic (exact) mass is 402 g/mol. The van der Waals surface area contributed by atoms with Gasteiger partial charge in [-0.15, -0.1) is 0 Å². The molecule has 0 saturated carbocycles. The number of nitrogen functional groups attached to an aromatic ring is 1. The molecule has 0 radical (unpaired) electrons. The summed E-state index contributed by atoms with van der Waals surface area (Å²) in [6.45, 7) is 0. The molecule has 132 valence electrons. The first-order valence-electron chi connectivity index (χ1n) is 8.50. The molecular weight excluding hydrogens is 380 g/mol. The van der Waals surface area contributed by atoms with E-state index in [1.165, 1.54) is 0 Å². The number of Topliss-reactive ketones (excluding diaryl/α,β-unsaturated/α-hetero) is 1. The lowest BCUT2D eigenvalue weighted by molar-refractivity contribution is -0.116. The third-order valence-corrected chi connectivity index (χ3v) is 4.66. The van der Waals surface area contributed by atoms with Crippen LogP contribution >= 0.6 is 15.9 Å². The number of para-hydroxylation sites is 2. The maximum Gasteiger partial charge on any atom is 0.224 e. The lowest BCUT2D eigenvalue weighted by atomic mass is 10.0. The number of halogens is 1. The highest BCUT2D eigenvalue weighted by atomic mass is 79.9. The Bertz CT molecular complexity index is 731. The number of amides is 1. The summed E-state index contributed by atoms with van der Waals surface area (Å²) in [7, 11) is 0. The Labute approximate surface area is 156 Å². The Morgan fingerprint density at radius 3 is 2.24 bits per heavy atom. The summed E-state index contributed by atoms with van der Waals surface area (Å²) in [5, 5.41) is 2.82. The summed E-state index contributed by atoms with van der Waals surface area (Å²) in [6, 6.07) is 14.7. The van der Waals surface area contributed by atoms with Gasteiger partial charge in [0, 0.05) is 22.9 Å². The second kappa shape index (κ2) is 9.99. The number of ketones is 1. The van der Waals surface area contributed by atoms with E-state index in [0.717, 1.165) is 35.7 Å². The topological polar surface area (TPSA) is 72.2 Å². The van der Waals surface area contributed by atoms with E-state index < -0.39 is 0 Å². The maximum absolute atomic E-state index is 12.1. The zero-order valence-corrected chi connectivity index (χ0v) is 15.7. The zero-order chi connectivity index (χ0) is 18.1. The fraction of sp³-hybridized carbons (Fsp3) is 0.300. The van der Waals surface area contributed by atoms with E-state index in [2.05, 4.69) is 21.2 Å². The summed E-state index contributed by atoms with van der Waals surface area (Å²) in [5.74, 6) is 0.131. The minimum Gasteiger partial charge on any atom is -0.397 e. The van der Waals surface area contributed by atoms with Crippen molar-refractivity contribution in [3.05, 3.63) is 58.6 Å². The smallest absolute Gasteiger partial charge is 0.224 e. The van der Waals surface area contributed by atoms with Gasteiger partial charge < -0.3 is 11.1 Å². The molecule has 0 aliphatic rings. The highest BCUT2D eigenvalue weighted by Crippen LogP contribution is 2.19. The summed E-state index contributed by atoms with van der Waals surface area (Å²) >= 11 is 3.40. The fourth-order valence-corrected chi connectivity index (χ4v) is 3.08. The normalized spacial score (nSPS) is 10.4. The average molecular weight is 403 g/mol. The molecule has 4 nitrogen and oxygen atoms in total. The number of nitrogens with one attached hydrogen (secondary N) is 1. The van der Waals surface area contributed by atoms with Crippen molar-refractivity contribution in [3.8, 4) is 0 Å². The molecule has 2 rings (SSSR count). The van der Waals surface area contributed by atoms with E-state index in [4.69, 9.17) is 5.73 Å². The van der Waals surface area contributed by atoms with Crippen LogP contribution < -0.4 is 11.1 Å². The largest absolute Gasteiger partial charge is 0.397 e. The van der Waals surface area contributed by atoms with Crippen molar-refractivity contribution in [1.29, 1.82) is 0 Å². The lowest BCUT2D eigenvalue weighted by Crippen LogP contribution is -2.12. The van der Waals surface area contributed by atoms with Gasteiger partial charge in [0.05, 0.1) is 11.4 Å². The molecule has 0 heterocycles. The molecule has 25 heavy (non-hydrogen) atoms. The van der Waals surface area contributed by atoms with Crippen molar-refractivity contribution in [1.82, 2.24) is 0 Å². The van der Waals surface area contributed by atoms with E-state index in [0.29, 0.717) is 24.2 Å². The first-order chi connectivity index (χ1) is 12.1. The molecule has 0 aromatic heterocycles. The van der Waals surface area contributed by atoms with Gasteiger partial charge >= 0.3 is 0 Å². The summed E-state index contributed by atoms with van der Waals surface area (Å²) in [6.07, 6.45) is 4.52. The van der Waals surface area contributed by atoms with Crippen LogP contribution in [0, 0.1) is 0 Å². The molecule has 1 amide bonds. The van der Waals surface area contributed by atoms with Gasteiger partial charge in [-0.1, -0.05) is 59.1 Å². The quantitative estimate of drug-likeness (QED) is 0.344. The van der Waals surface area contributed by atoms with Crippen LogP contribution in [0.15, 0.2) is 53.0 Å². The number of rotatable bonds is 9. The number of carbonyl (C=O) groups excluding carboxylic acids is 2. The molecule has 0 atom stereocenters. The van der Waals surface area contributed by atoms with Gasteiger partial charge in [-0.25, -0.2) is 0 Å². The Kier molecular flexibility index (Phi) is 7.67. The number of carbonyl (C=O) groups is 2. The molecule has 0 saturated heterocycles. The van der Waals surface area contributed by atoms with Crippen LogP contribution in [-0.4, -0.2) is 11.7 Å². The van der Waals surface area contributed by atoms with Crippen LogP contribution in [0.5, 0.6) is 0 Å². The van der Waals surface area contributed by atoms with Gasteiger partial charge in [0.15, 0.2) is 5.78 Å². The third-order valence-electron chi connectivity index (χ3n) is 3.97. The summed E-state index contributed by atoms with van der Waals surface area (Å²) in [5.41, 5.74) is 7.77. The van der Waals surface area contributed by atoms with E-state index in [1.54, 1.807) is 12.1 Å². The van der Waals surface area contributed by atoms with Crippen molar-refractivity contribution in [2.75, 3.05) is 11.1 Å². The van der Waals surface area contributed by atoms with Gasteiger partial charge in [0.1, 0.15) is 0 Å². The Morgan fingerprint density at radius 1 is 0.880 bits per heavy atom. The summed E-state index contributed by atoms with van der Waals surface area (Å²) < 4.78 is 0.844. The number of anilines is 2.